The summed E-state index contributed by atoms with van der Waals surface area (Å²) in [5.41, 5.74) is 4.29. The summed E-state index contributed by atoms with van der Waals surface area (Å²) in [6.07, 6.45) is 4.19. The molecule has 0 spiro atoms. The van der Waals surface area contributed by atoms with Crippen LogP contribution in [0.5, 0.6) is 0 Å². The van der Waals surface area contributed by atoms with Crippen LogP contribution in [0.4, 0.5) is 14.6 Å². The van der Waals surface area contributed by atoms with Gasteiger partial charge in [-0.05, 0) is 24.6 Å². The first-order valence-corrected chi connectivity index (χ1v) is 9.25. The number of halogens is 2. The summed E-state index contributed by atoms with van der Waals surface area (Å²) in [7, 11) is 0. The van der Waals surface area contributed by atoms with E-state index in [1.807, 2.05) is 13.0 Å². The van der Waals surface area contributed by atoms with Crippen LogP contribution < -0.4 is 5.32 Å². The van der Waals surface area contributed by atoms with Gasteiger partial charge in [-0.3, -0.25) is 9.78 Å². The number of alkyl halides is 2. The lowest BCUT2D eigenvalue weighted by molar-refractivity contribution is -0.119. The molecule has 30 heavy (non-hydrogen) atoms. The molecule has 1 saturated carbocycles. The molecule has 0 radical (unpaired) electrons. The molecule has 1 amide bonds. The van der Waals surface area contributed by atoms with Crippen molar-refractivity contribution in [2.75, 3.05) is 5.32 Å². The third kappa shape index (κ3) is 2.96. The Balaban J connectivity index is 1.59. The van der Waals surface area contributed by atoms with Crippen molar-refractivity contribution in [1.82, 2.24) is 24.6 Å². The zero-order valence-electron chi connectivity index (χ0n) is 15.8. The molecule has 0 aromatic carbocycles. The number of anilines is 1. The van der Waals surface area contributed by atoms with Gasteiger partial charge in [-0.25, -0.2) is 23.3 Å². The first kappa shape index (κ1) is 18.5. The molecule has 1 atom stereocenters. The number of aliphatic hydroxyl groups is 1. The Hall–Kier alpha value is -3.53. The summed E-state index contributed by atoms with van der Waals surface area (Å²) in [5.74, 6) is -4.82. The highest BCUT2D eigenvalue weighted by Gasteiger charge is 2.61. The number of aryl methyl sites for hydroxylation is 1. The van der Waals surface area contributed by atoms with Crippen LogP contribution in [0.3, 0.4) is 0 Å². The summed E-state index contributed by atoms with van der Waals surface area (Å²) in [6.45, 7) is 1.77. The minimum atomic E-state index is -2.94. The van der Waals surface area contributed by atoms with E-state index in [4.69, 9.17) is 0 Å². The van der Waals surface area contributed by atoms with E-state index in [1.54, 1.807) is 29.0 Å². The lowest BCUT2D eigenvalue weighted by atomic mass is 10.0. The molecule has 0 saturated heterocycles. The van der Waals surface area contributed by atoms with Crippen LogP contribution in [0.15, 0.2) is 36.9 Å². The van der Waals surface area contributed by atoms with Crippen LogP contribution in [0.2, 0.25) is 0 Å². The van der Waals surface area contributed by atoms with Gasteiger partial charge in [0.05, 0.1) is 17.8 Å². The van der Waals surface area contributed by atoms with Gasteiger partial charge in [0.25, 0.3) is 5.92 Å². The number of rotatable bonds is 4. The molecular weight excluding hydrogens is 394 g/mol. The summed E-state index contributed by atoms with van der Waals surface area (Å²) < 4.78 is 27.9. The molecule has 10 heteroatoms. The molecule has 4 heterocycles. The molecule has 2 N–H and O–H groups in total. The number of hydrogen-bond donors (Lipinski definition) is 2. The van der Waals surface area contributed by atoms with E-state index in [1.165, 1.54) is 6.33 Å². The second kappa shape index (κ2) is 6.49. The quantitative estimate of drug-likeness (QED) is 0.536. The van der Waals surface area contributed by atoms with Crippen molar-refractivity contribution >= 4 is 28.3 Å². The molecule has 0 bridgehead atoms. The second-order valence-corrected chi connectivity index (χ2v) is 7.34. The molecule has 5 rings (SSSR count). The minimum absolute atomic E-state index is 0.148. The van der Waals surface area contributed by atoms with Crippen molar-refractivity contribution in [2.45, 2.75) is 25.9 Å². The van der Waals surface area contributed by atoms with E-state index in [0.717, 1.165) is 22.1 Å². The Bertz CT molecular complexity index is 1320. The van der Waals surface area contributed by atoms with Crippen molar-refractivity contribution in [1.29, 1.82) is 0 Å². The molecule has 1 fully saturated rings. The maximum Gasteiger partial charge on any atom is 0.260 e. The van der Waals surface area contributed by atoms with Crippen molar-refractivity contribution < 1.29 is 18.7 Å². The van der Waals surface area contributed by atoms with Crippen molar-refractivity contribution in [3.8, 4) is 11.1 Å². The zero-order chi connectivity index (χ0) is 21.0. The van der Waals surface area contributed by atoms with Gasteiger partial charge < -0.3 is 10.4 Å². The lowest BCUT2D eigenvalue weighted by Gasteiger charge is -2.11. The van der Waals surface area contributed by atoms with Crippen molar-refractivity contribution in [3.05, 3.63) is 48.2 Å². The fourth-order valence-corrected chi connectivity index (χ4v) is 3.53. The smallest absolute Gasteiger partial charge is 0.260 e. The Morgan fingerprint density at radius 2 is 2.03 bits per heavy atom. The standard InChI is InChI=1S/C20H16F2N6O2/c1-10-2-12(8-29)23-7-14(10)13-3-11-6-24-17(27-19(30)15-5-20(15,21)22)4-16(11)28-18(13)25-9-26-28/h2-4,6-7,9,15,29H,5,8H2,1H3,(H,24,27,30)/t15-/m1/s1. The van der Waals surface area contributed by atoms with E-state index >= 15 is 0 Å². The third-order valence-electron chi connectivity index (χ3n) is 5.24. The average Bonchev–Trinajstić information content (AvgIpc) is 3.13. The molecule has 152 valence electrons. The molecule has 1 aliphatic carbocycles. The van der Waals surface area contributed by atoms with Gasteiger partial charge in [0, 0.05) is 41.4 Å². The minimum Gasteiger partial charge on any atom is -0.390 e. The van der Waals surface area contributed by atoms with Gasteiger partial charge in [-0.15, -0.1) is 0 Å². The van der Waals surface area contributed by atoms with Crippen LogP contribution in [0.25, 0.3) is 27.7 Å². The van der Waals surface area contributed by atoms with Gasteiger partial charge >= 0.3 is 0 Å². The predicted molar refractivity (Wildman–Crippen MR) is 104 cm³/mol. The number of aromatic nitrogens is 5. The highest BCUT2D eigenvalue weighted by atomic mass is 19.3. The Morgan fingerprint density at radius 1 is 1.23 bits per heavy atom. The van der Waals surface area contributed by atoms with E-state index < -0.39 is 24.2 Å². The van der Waals surface area contributed by atoms with E-state index in [9.17, 15) is 18.7 Å². The fraction of sp³-hybridized carbons (Fsp3) is 0.250. The Kier molecular flexibility index (Phi) is 4.00. The number of fused-ring (bicyclic) bond motifs is 3. The first-order valence-electron chi connectivity index (χ1n) is 9.25. The molecule has 0 unspecified atom stereocenters. The van der Waals surface area contributed by atoms with Gasteiger partial charge in [0.1, 0.15) is 18.1 Å². The number of nitrogens with zero attached hydrogens (tertiary/aromatic N) is 5. The molecular formula is C20H16F2N6O2. The number of aliphatic hydroxyl groups excluding tert-OH is 1. The molecule has 4 aromatic heterocycles. The van der Waals surface area contributed by atoms with E-state index in [0.29, 0.717) is 16.9 Å². The summed E-state index contributed by atoms with van der Waals surface area (Å²) in [6, 6.07) is 5.27. The molecule has 1 aliphatic rings. The number of amides is 1. The van der Waals surface area contributed by atoms with Crippen molar-refractivity contribution in [3.63, 3.8) is 0 Å². The van der Waals surface area contributed by atoms with E-state index in [-0.39, 0.29) is 12.4 Å². The molecule has 4 aromatic rings. The highest BCUT2D eigenvalue weighted by Crippen LogP contribution is 2.49. The second-order valence-electron chi connectivity index (χ2n) is 7.34. The monoisotopic (exact) mass is 410 g/mol. The number of carbonyl (C=O) groups is 1. The van der Waals surface area contributed by atoms with Crippen LogP contribution in [-0.2, 0) is 11.4 Å². The fourth-order valence-electron chi connectivity index (χ4n) is 3.53. The number of hydrogen-bond acceptors (Lipinski definition) is 6. The molecule has 8 nitrogen and oxygen atoms in total. The average molecular weight is 410 g/mol. The van der Waals surface area contributed by atoms with Gasteiger partial charge in [-0.2, -0.15) is 5.10 Å². The number of pyridine rings is 3. The first-order chi connectivity index (χ1) is 14.4. The Morgan fingerprint density at radius 3 is 2.73 bits per heavy atom. The van der Waals surface area contributed by atoms with E-state index in [2.05, 4.69) is 25.4 Å². The van der Waals surface area contributed by atoms with Crippen LogP contribution >= 0.6 is 0 Å². The summed E-state index contributed by atoms with van der Waals surface area (Å²) >= 11 is 0. The topological polar surface area (TPSA) is 105 Å². The Labute approximate surface area is 168 Å². The highest BCUT2D eigenvalue weighted by molar-refractivity contribution is 5.97. The molecule has 0 aliphatic heterocycles. The van der Waals surface area contributed by atoms with Gasteiger partial charge in [-0.1, -0.05) is 0 Å². The third-order valence-corrected chi connectivity index (χ3v) is 5.24. The number of carbonyl (C=O) groups excluding carboxylic acids is 1. The van der Waals surface area contributed by atoms with Crippen LogP contribution in [-0.4, -0.2) is 41.5 Å². The maximum absolute atomic E-state index is 13.1. The zero-order valence-corrected chi connectivity index (χ0v) is 15.8. The normalized spacial score (nSPS) is 17.4. The van der Waals surface area contributed by atoms with Crippen LogP contribution in [0.1, 0.15) is 17.7 Å². The van der Waals surface area contributed by atoms with Gasteiger partial charge in [0.15, 0.2) is 5.65 Å². The van der Waals surface area contributed by atoms with Crippen LogP contribution in [0, 0.1) is 12.8 Å². The summed E-state index contributed by atoms with van der Waals surface area (Å²) in [4.78, 5) is 24.8. The van der Waals surface area contributed by atoms with Crippen molar-refractivity contribution in [2.24, 2.45) is 5.92 Å². The SMILES string of the molecule is Cc1cc(CO)ncc1-c1cc2cnc(NC(=O)[C@H]3CC3(F)F)cc2n2ncnc12. The lowest BCUT2D eigenvalue weighted by Crippen LogP contribution is -2.18. The summed E-state index contributed by atoms with van der Waals surface area (Å²) in [5, 5.41) is 16.7. The largest absolute Gasteiger partial charge is 0.390 e. The maximum atomic E-state index is 13.1. The number of nitrogens with one attached hydrogen (secondary N) is 1. The predicted octanol–water partition coefficient (Wildman–Crippen LogP) is 2.73. The van der Waals surface area contributed by atoms with Gasteiger partial charge in [0.2, 0.25) is 5.91 Å².